The largest absolute Gasteiger partial charge is 0.479 e. The van der Waals surface area contributed by atoms with Gasteiger partial charge in [0.1, 0.15) is 23.7 Å². The molecular formula is C20H29N3O6. The van der Waals surface area contributed by atoms with Gasteiger partial charge in [-0.1, -0.05) is 6.08 Å². The summed E-state index contributed by atoms with van der Waals surface area (Å²) in [7, 11) is 0. The number of carbonyl (C=O) groups excluding carboxylic acids is 3. The van der Waals surface area contributed by atoms with Crippen LogP contribution >= 0.6 is 0 Å². The molecule has 0 spiro atoms. The van der Waals surface area contributed by atoms with E-state index in [1.807, 2.05) is 0 Å². The number of nitrogens with one attached hydrogen (secondary N) is 2. The van der Waals surface area contributed by atoms with Gasteiger partial charge >= 0.3 is 12.1 Å². The summed E-state index contributed by atoms with van der Waals surface area (Å²) in [5.74, 6) is -2.29. The van der Waals surface area contributed by atoms with Crippen LogP contribution in [0.4, 0.5) is 4.79 Å². The first kappa shape index (κ1) is 21.1. The Hall–Kier alpha value is -2.58. The number of likely N-dealkylation sites (tertiary alicyclic amines) is 1. The molecule has 0 aromatic carbocycles. The van der Waals surface area contributed by atoms with Crippen LogP contribution in [0.25, 0.3) is 0 Å². The first-order valence-electron chi connectivity index (χ1n) is 10.2. The first-order valence-corrected chi connectivity index (χ1v) is 10.2. The van der Waals surface area contributed by atoms with Gasteiger partial charge < -0.3 is 25.4 Å². The van der Waals surface area contributed by atoms with E-state index in [0.29, 0.717) is 25.8 Å². The predicted octanol–water partition coefficient (Wildman–Crippen LogP) is 1.18. The Morgan fingerprint density at radius 3 is 2.48 bits per heavy atom. The highest BCUT2D eigenvalue weighted by Crippen LogP contribution is 2.44. The van der Waals surface area contributed by atoms with Crippen molar-refractivity contribution in [3.63, 3.8) is 0 Å². The topological polar surface area (TPSA) is 125 Å². The van der Waals surface area contributed by atoms with Crippen molar-refractivity contribution in [3.8, 4) is 0 Å². The zero-order valence-electron chi connectivity index (χ0n) is 16.7. The molecule has 0 aromatic rings. The maximum absolute atomic E-state index is 12.8. The van der Waals surface area contributed by atoms with Crippen molar-refractivity contribution < 1.29 is 29.0 Å². The lowest BCUT2D eigenvalue weighted by Crippen LogP contribution is -2.55. The van der Waals surface area contributed by atoms with Gasteiger partial charge in [0, 0.05) is 12.5 Å². The van der Waals surface area contributed by atoms with E-state index in [9.17, 15) is 24.3 Å². The second-order valence-electron chi connectivity index (χ2n) is 8.18. The van der Waals surface area contributed by atoms with Crippen molar-refractivity contribution in [1.29, 1.82) is 0 Å². The minimum atomic E-state index is -1.33. The highest BCUT2D eigenvalue weighted by molar-refractivity contribution is 5.95. The van der Waals surface area contributed by atoms with E-state index in [0.717, 1.165) is 25.7 Å². The summed E-state index contributed by atoms with van der Waals surface area (Å²) in [4.78, 5) is 50.6. The van der Waals surface area contributed by atoms with Gasteiger partial charge in [0.05, 0.1) is 0 Å². The Morgan fingerprint density at radius 2 is 1.90 bits per heavy atom. The Morgan fingerprint density at radius 1 is 1.21 bits per heavy atom. The number of alkyl carbamates (subject to hydrolysis) is 1. The van der Waals surface area contributed by atoms with Crippen LogP contribution in [0.1, 0.15) is 51.9 Å². The third kappa shape index (κ3) is 4.38. The normalized spacial score (nSPS) is 29.8. The minimum absolute atomic E-state index is 0.105. The van der Waals surface area contributed by atoms with Gasteiger partial charge in [-0.2, -0.15) is 0 Å². The number of carbonyl (C=O) groups is 4. The Kier molecular flexibility index (Phi) is 6.14. The molecule has 0 aromatic heterocycles. The number of hydrogen-bond donors (Lipinski definition) is 3. The van der Waals surface area contributed by atoms with Crippen LogP contribution in [0.2, 0.25) is 0 Å². The average molecular weight is 407 g/mol. The van der Waals surface area contributed by atoms with Crippen molar-refractivity contribution in [2.75, 3.05) is 6.54 Å². The first-order chi connectivity index (χ1) is 13.8. The highest BCUT2D eigenvalue weighted by Gasteiger charge is 2.61. The Labute approximate surface area is 169 Å². The molecule has 160 valence electrons. The van der Waals surface area contributed by atoms with Gasteiger partial charge in [-0.3, -0.25) is 9.59 Å². The highest BCUT2D eigenvalue weighted by atomic mass is 16.6. The molecule has 1 heterocycles. The van der Waals surface area contributed by atoms with Crippen LogP contribution in [0.5, 0.6) is 0 Å². The molecule has 3 amide bonds. The molecule has 2 aliphatic carbocycles. The summed E-state index contributed by atoms with van der Waals surface area (Å²) >= 11 is 0. The van der Waals surface area contributed by atoms with Gasteiger partial charge in [0.15, 0.2) is 0 Å². The average Bonchev–Trinajstić information content (AvgIpc) is 3.04. The summed E-state index contributed by atoms with van der Waals surface area (Å²) in [5, 5.41) is 14.6. The molecule has 9 heteroatoms. The summed E-state index contributed by atoms with van der Waals surface area (Å²) in [6.07, 6.45) is 5.89. The predicted molar refractivity (Wildman–Crippen MR) is 103 cm³/mol. The standard InChI is InChI=1S/C20H29N3O6/c1-3-13-11-20(13,18(26)27)22-16(24)15-9-6-10-23(15)17(25)12(2)21-19(28)29-14-7-4-5-8-14/h3,12-15H,1,4-11H2,2H3,(H,21,28)(H,22,24)(H,26,27)/t12-,13+,15-,20+/m0/s1. The molecule has 0 radical (unpaired) electrons. The van der Waals surface area contributed by atoms with Crippen molar-refractivity contribution in [1.82, 2.24) is 15.5 Å². The Balaban J connectivity index is 1.56. The Bertz CT molecular complexity index is 704. The molecule has 1 aliphatic heterocycles. The van der Waals surface area contributed by atoms with E-state index < -0.39 is 35.6 Å². The fourth-order valence-corrected chi connectivity index (χ4v) is 4.30. The summed E-state index contributed by atoms with van der Waals surface area (Å²) in [6, 6.07) is -1.59. The van der Waals surface area contributed by atoms with Gasteiger partial charge in [-0.15, -0.1) is 6.58 Å². The third-order valence-corrected chi connectivity index (χ3v) is 6.15. The maximum Gasteiger partial charge on any atom is 0.408 e. The molecule has 3 N–H and O–H groups in total. The fraction of sp³-hybridized carbons (Fsp3) is 0.700. The second kappa shape index (κ2) is 8.42. The van der Waals surface area contributed by atoms with Crippen LogP contribution < -0.4 is 10.6 Å². The van der Waals surface area contributed by atoms with Gasteiger partial charge in [-0.05, 0) is 51.9 Å². The molecule has 0 unspecified atom stereocenters. The smallest absolute Gasteiger partial charge is 0.408 e. The van der Waals surface area contributed by atoms with Gasteiger partial charge in [0.2, 0.25) is 11.8 Å². The number of aliphatic carboxylic acids is 1. The van der Waals surface area contributed by atoms with Crippen LogP contribution in [0, 0.1) is 5.92 Å². The monoisotopic (exact) mass is 407 g/mol. The molecule has 3 fully saturated rings. The van der Waals surface area contributed by atoms with E-state index in [4.69, 9.17) is 4.74 Å². The summed E-state index contributed by atoms with van der Waals surface area (Å²) < 4.78 is 5.32. The van der Waals surface area contributed by atoms with Gasteiger partial charge in [-0.25, -0.2) is 9.59 Å². The zero-order chi connectivity index (χ0) is 21.2. The molecule has 4 atom stereocenters. The van der Waals surface area contributed by atoms with Crippen molar-refractivity contribution in [2.45, 2.75) is 75.6 Å². The van der Waals surface area contributed by atoms with Crippen LogP contribution in [0.3, 0.4) is 0 Å². The van der Waals surface area contributed by atoms with Crippen molar-refractivity contribution in [2.24, 2.45) is 5.92 Å². The van der Waals surface area contributed by atoms with E-state index in [1.54, 1.807) is 6.92 Å². The number of amides is 3. The lowest BCUT2D eigenvalue weighted by molar-refractivity contribution is -0.145. The number of hydrogen-bond acceptors (Lipinski definition) is 5. The quantitative estimate of drug-likeness (QED) is 0.544. The molecule has 2 saturated carbocycles. The lowest BCUT2D eigenvalue weighted by Gasteiger charge is -2.28. The molecule has 3 aliphatic rings. The SMILES string of the molecule is C=C[C@@H]1C[C@]1(NC(=O)[C@@H]1CCCN1C(=O)[C@H](C)NC(=O)OC1CCCC1)C(=O)O. The second-order valence-corrected chi connectivity index (χ2v) is 8.18. The number of rotatable bonds is 7. The van der Waals surface area contributed by atoms with Crippen LogP contribution in [0.15, 0.2) is 12.7 Å². The number of nitrogens with zero attached hydrogens (tertiary/aromatic N) is 1. The minimum Gasteiger partial charge on any atom is -0.479 e. The number of carboxylic acid groups (broad SMARTS) is 1. The summed E-state index contributed by atoms with van der Waals surface area (Å²) in [5.41, 5.74) is -1.33. The zero-order valence-corrected chi connectivity index (χ0v) is 16.7. The van der Waals surface area contributed by atoms with Gasteiger partial charge in [0.25, 0.3) is 0 Å². The lowest BCUT2D eigenvalue weighted by atomic mass is 10.1. The number of ether oxygens (including phenoxy) is 1. The molecule has 3 rings (SSSR count). The molecule has 9 nitrogen and oxygen atoms in total. The summed E-state index contributed by atoms with van der Waals surface area (Å²) in [6.45, 7) is 5.54. The van der Waals surface area contributed by atoms with Crippen molar-refractivity contribution >= 4 is 23.9 Å². The maximum atomic E-state index is 12.8. The number of carboxylic acids is 1. The van der Waals surface area contributed by atoms with Crippen molar-refractivity contribution in [3.05, 3.63) is 12.7 Å². The third-order valence-electron chi connectivity index (χ3n) is 6.15. The molecule has 0 bridgehead atoms. The van der Waals surface area contributed by atoms with E-state index in [-0.39, 0.29) is 17.9 Å². The fourth-order valence-electron chi connectivity index (χ4n) is 4.30. The van der Waals surface area contributed by atoms with Crippen LogP contribution in [-0.2, 0) is 19.1 Å². The van der Waals surface area contributed by atoms with Crippen LogP contribution in [-0.4, -0.2) is 64.2 Å². The molecule has 29 heavy (non-hydrogen) atoms. The van der Waals surface area contributed by atoms with E-state index >= 15 is 0 Å². The van der Waals surface area contributed by atoms with E-state index in [2.05, 4.69) is 17.2 Å². The van der Waals surface area contributed by atoms with E-state index in [1.165, 1.54) is 11.0 Å². The molecule has 1 saturated heterocycles. The molecular weight excluding hydrogens is 378 g/mol.